The Morgan fingerprint density at radius 3 is 1.88 bits per heavy atom. The average Bonchev–Trinajstić information content (AvgIpc) is 2.14. The Morgan fingerprint density at radius 1 is 1.19 bits per heavy atom. The van der Waals surface area contributed by atoms with Gasteiger partial charge in [0.05, 0.1) is 0 Å². The number of halogens is 1. The fourth-order valence-electron chi connectivity index (χ4n) is 4.91. The predicted molar refractivity (Wildman–Crippen MR) is 62.5 cm³/mol. The Bertz CT molecular complexity index is 300. The van der Waals surface area contributed by atoms with Gasteiger partial charge in [0.1, 0.15) is 4.87 Å². The van der Waals surface area contributed by atoms with Crippen LogP contribution in [0.25, 0.3) is 0 Å². The number of hydrogen-bond donors (Lipinski definition) is 1. The Kier molecular flexibility index (Phi) is 2.15. The van der Waals surface area contributed by atoms with E-state index in [1.54, 1.807) is 6.92 Å². The average molecular weight is 243 g/mol. The first-order chi connectivity index (χ1) is 7.43. The van der Waals surface area contributed by atoms with Gasteiger partial charge in [0.2, 0.25) is 0 Å². The summed E-state index contributed by atoms with van der Waals surface area (Å²) in [6.45, 7) is 1.73. The third kappa shape index (κ3) is 1.28. The van der Waals surface area contributed by atoms with Crippen molar-refractivity contribution in [3.05, 3.63) is 0 Å². The maximum atomic E-state index is 11.4. The zero-order valence-electron chi connectivity index (χ0n) is 9.71. The fourth-order valence-corrected chi connectivity index (χ4v) is 5.14. The van der Waals surface area contributed by atoms with Crippen LogP contribution in [-0.4, -0.2) is 16.0 Å². The van der Waals surface area contributed by atoms with Gasteiger partial charge in [-0.15, -0.1) is 11.6 Å². The van der Waals surface area contributed by atoms with Gasteiger partial charge in [-0.25, -0.2) is 0 Å². The molecule has 0 radical (unpaired) electrons. The summed E-state index contributed by atoms with van der Waals surface area (Å²) in [5, 5.41) is 9.37. The van der Waals surface area contributed by atoms with Crippen LogP contribution in [0.4, 0.5) is 0 Å². The summed E-state index contributed by atoms with van der Waals surface area (Å²) in [7, 11) is 0. The van der Waals surface area contributed by atoms with Crippen molar-refractivity contribution in [2.75, 3.05) is 0 Å². The van der Waals surface area contributed by atoms with Gasteiger partial charge < -0.3 is 5.11 Å². The van der Waals surface area contributed by atoms with Crippen molar-refractivity contribution < 1.29 is 9.90 Å². The summed E-state index contributed by atoms with van der Waals surface area (Å²) in [4.78, 5) is 10.4. The minimum atomic E-state index is -1.05. The highest BCUT2D eigenvalue weighted by molar-refractivity contribution is 6.34. The first-order valence-electron chi connectivity index (χ1n) is 6.35. The standard InChI is InChI=1S/C13H19ClO2/c1-12(14,11(15)16)13-5-8-2-9(6-13)4-10(3-8)7-13/h8-10H,2-7H2,1H3,(H,15,16). The Labute approximate surface area is 101 Å². The first-order valence-corrected chi connectivity index (χ1v) is 6.73. The Balaban J connectivity index is 1.97. The lowest BCUT2D eigenvalue weighted by Gasteiger charge is -2.60. The van der Waals surface area contributed by atoms with E-state index in [2.05, 4.69) is 0 Å². The fraction of sp³-hybridized carbons (Fsp3) is 0.923. The summed E-state index contributed by atoms with van der Waals surface area (Å²) >= 11 is 6.39. The third-order valence-electron chi connectivity index (χ3n) is 5.44. The minimum Gasteiger partial charge on any atom is -0.480 e. The maximum absolute atomic E-state index is 11.4. The van der Waals surface area contributed by atoms with E-state index in [1.165, 1.54) is 19.3 Å². The molecule has 16 heavy (non-hydrogen) atoms. The van der Waals surface area contributed by atoms with Crippen LogP contribution in [0.15, 0.2) is 0 Å². The van der Waals surface area contributed by atoms with Crippen LogP contribution in [-0.2, 0) is 4.79 Å². The molecule has 3 heteroatoms. The number of alkyl halides is 1. The van der Waals surface area contributed by atoms with E-state index in [9.17, 15) is 9.90 Å². The largest absolute Gasteiger partial charge is 0.480 e. The van der Waals surface area contributed by atoms with Crippen molar-refractivity contribution in [2.45, 2.75) is 50.3 Å². The molecule has 4 bridgehead atoms. The molecule has 1 N–H and O–H groups in total. The highest BCUT2D eigenvalue weighted by Gasteiger charge is 2.61. The lowest BCUT2D eigenvalue weighted by molar-refractivity contribution is -0.152. The second-order valence-corrected chi connectivity index (χ2v) is 7.26. The summed E-state index contributed by atoms with van der Waals surface area (Å²) in [6, 6.07) is 0. The van der Waals surface area contributed by atoms with Crippen molar-refractivity contribution in [3.63, 3.8) is 0 Å². The summed E-state index contributed by atoms with van der Waals surface area (Å²) in [6.07, 6.45) is 7.12. The van der Waals surface area contributed by atoms with Gasteiger partial charge in [0, 0.05) is 5.41 Å². The lowest BCUT2D eigenvalue weighted by Crippen LogP contribution is -2.57. The molecule has 4 aliphatic rings. The van der Waals surface area contributed by atoms with Crippen LogP contribution in [0.1, 0.15) is 45.4 Å². The van der Waals surface area contributed by atoms with E-state index in [-0.39, 0.29) is 5.41 Å². The van der Waals surface area contributed by atoms with E-state index < -0.39 is 10.8 Å². The quantitative estimate of drug-likeness (QED) is 0.755. The molecular formula is C13H19ClO2. The van der Waals surface area contributed by atoms with Gasteiger partial charge in [-0.05, 0) is 63.2 Å². The number of hydrogen-bond acceptors (Lipinski definition) is 1. The predicted octanol–water partition coefficient (Wildman–Crippen LogP) is 3.28. The van der Waals surface area contributed by atoms with E-state index >= 15 is 0 Å². The highest BCUT2D eigenvalue weighted by atomic mass is 35.5. The number of carboxylic acids is 1. The van der Waals surface area contributed by atoms with Crippen LogP contribution < -0.4 is 0 Å². The summed E-state index contributed by atoms with van der Waals surface area (Å²) in [5.41, 5.74) is -0.116. The molecule has 2 nitrogen and oxygen atoms in total. The maximum Gasteiger partial charge on any atom is 0.325 e. The van der Waals surface area contributed by atoms with Crippen molar-refractivity contribution >= 4 is 17.6 Å². The molecule has 4 fully saturated rings. The van der Waals surface area contributed by atoms with Crippen molar-refractivity contribution in [1.82, 2.24) is 0 Å². The molecule has 1 unspecified atom stereocenters. The van der Waals surface area contributed by atoms with Crippen molar-refractivity contribution in [1.29, 1.82) is 0 Å². The zero-order chi connectivity index (χ0) is 11.6. The van der Waals surface area contributed by atoms with E-state index in [0.717, 1.165) is 37.0 Å². The Hall–Kier alpha value is -0.240. The van der Waals surface area contributed by atoms with E-state index in [1.807, 2.05) is 0 Å². The van der Waals surface area contributed by atoms with Gasteiger partial charge in [-0.2, -0.15) is 0 Å². The molecule has 0 aliphatic heterocycles. The van der Waals surface area contributed by atoms with Crippen LogP contribution in [0.3, 0.4) is 0 Å². The van der Waals surface area contributed by atoms with Crippen LogP contribution in [0, 0.1) is 23.2 Å². The molecule has 0 spiro atoms. The minimum absolute atomic E-state index is 0.116. The zero-order valence-corrected chi connectivity index (χ0v) is 10.5. The topological polar surface area (TPSA) is 37.3 Å². The number of rotatable bonds is 2. The molecule has 4 aliphatic carbocycles. The SMILES string of the molecule is CC(Cl)(C(=O)O)C12CC3CC(CC(C3)C1)C2. The van der Waals surface area contributed by atoms with E-state index in [0.29, 0.717) is 0 Å². The van der Waals surface area contributed by atoms with Crippen molar-refractivity contribution in [2.24, 2.45) is 23.2 Å². The highest BCUT2D eigenvalue weighted by Crippen LogP contribution is 2.65. The summed E-state index contributed by atoms with van der Waals surface area (Å²) < 4.78 is 0. The number of carbonyl (C=O) groups is 1. The van der Waals surface area contributed by atoms with Gasteiger partial charge in [-0.1, -0.05) is 0 Å². The molecule has 0 aromatic carbocycles. The lowest BCUT2D eigenvalue weighted by atomic mass is 9.46. The molecule has 4 saturated carbocycles. The van der Waals surface area contributed by atoms with Crippen LogP contribution >= 0.6 is 11.6 Å². The molecule has 0 amide bonds. The normalized spacial score (nSPS) is 49.0. The van der Waals surface area contributed by atoms with E-state index in [4.69, 9.17) is 11.6 Å². The molecule has 4 rings (SSSR count). The van der Waals surface area contributed by atoms with Crippen molar-refractivity contribution in [3.8, 4) is 0 Å². The molecule has 90 valence electrons. The molecule has 0 aromatic rings. The Morgan fingerprint density at radius 2 is 1.56 bits per heavy atom. The van der Waals surface area contributed by atoms with Gasteiger partial charge in [0.15, 0.2) is 0 Å². The molecular weight excluding hydrogens is 224 g/mol. The third-order valence-corrected chi connectivity index (χ3v) is 6.00. The first kappa shape index (κ1) is 10.9. The van der Waals surface area contributed by atoms with Crippen LogP contribution in [0.2, 0.25) is 0 Å². The number of carboxylic acid groups (broad SMARTS) is 1. The molecule has 0 saturated heterocycles. The molecule has 0 heterocycles. The van der Waals surface area contributed by atoms with Gasteiger partial charge >= 0.3 is 5.97 Å². The van der Waals surface area contributed by atoms with Gasteiger partial charge in [-0.3, -0.25) is 4.79 Å². The molecule has 1 atom stereocenters. The monoisotopic (exact) mass is 242 g/mol. The van der Waals surface area contributed by atoms with Gasteiger partial charge in [0.25, 0.3) is 0 Å². The summed E-state index contributed by atoms with van der Waals surface area (Å²) in [5.74, 6) is 1.44. The second kappa shape index (κ2) is 3.16. The smallest absolute Gasteiger partial charge is 0.325 e. The number of aliphatic carboxylic acids is 1. The van der Waals surface area contributed by atoms with Crippen LogP contribution in [0.5, 0.6) is 0 Å². The second-order valence-electron chi connectivity index (χ2n) is 6.51. The molecule has 0 aromatic heterocycles.